The predicted octanol–water partition coefficient (Wildman–Crippen LogP) is 4.50. The molecule has 1 aliphatic rings. The van der Waals surface area contributed by atoms with Crippen LogP contribution in [0.4, 0.5) is 10.8 Å². The molecule has 0 bridgehead atoms. The molecule has 0 radical (unpaired) electrons. The Bertz CT molecular complexity index is 1160. The first-order chi connectivity index (χ1) is 15.4. The number of fused-ring (bicyclic) bond motifs is 1. The molecule has 8 heteroatoms. The van der Waals surface area contributed by atoms with E-state index in [1.807, 2.05) is 38.1 Å². The SMILES string of the molecule is CC(=O)N(c1nc(COC(=O)Cc2ccc3c(c2)OCCO3)cs1)c1cccc(C)c1C. The fraction of sp³-hybridized carbons (Fsp3) is 0.292. The van der Waals surface area contributed by atoms with Crippen LogP contribution in [0.2, 0.25) is 0 Å². The lowest BCUT2D eigenvalue weighted by atomic mass is 10.1. The van der Waals surface area contributed by atoms with Gasteiger partial charge in [0.1, 0.15) is 19.8 Å². The lowest BCUT2D eigenvalue weighted by Crippen LogP contribution is -2.23. The van der Waals surface area contributed by atoms with Crippen molar-refractivity contribution in [2.45, 2.75) is 33.8 Å². The highest BCUT2D eigenvalue weighted by Crippen LogP contribution is 2.33. The number of ether oxygens (including phenoxy) is 3. The van der Waals surface area contributed by atoms with Gasteiger partial charge in [0.15, 0.2) is 16.6 Å². The highest BCUT2D eigenvalue weighted by Gasteiger charge is 2.21. The maximum Gasteiger partial charge on any atom is 0.310 e. The van der Waals surface area contributed by atoms with Crippen LogP contribution in [-0.4, -0.2) is 30.1 Å². The molecule has 3 aromatic rings. The third-order valence-corrected chi connectivity index (χ3v) is 6.07. The van der Waals surface area contributed by atoms with Gasteiger partial charge in [-0.2, -0.15) is 0 Å². The summed E-state index contributed by atoms with van der Waals surface area (Å²) >= 11 is 1.34. The first-order valence-corrected chi connectivity index (χ1v) is 11.2. The smallest absolute Gasteiger partial charge is 0.310 e. The van der Waals surface area contributed by atoms with Gasteiger partial charge in [-0.15, -0.1) is 11.3 Å². The second-order valence-corrected chi connectivity index (χ2v) is 8.35. The molecular weight excluding hydrogens is 428 g/mol. The van der Waals surface area contributed by atoms with E-state index in [1.165, 1.54) is 18.3 Å². The number of rotatable bonds is 6. The van der Waals surface area contributed by atoms with E-state index in [-0.39, 0.29) is 24.9 Å². The number of thiazole rings is 1. The van der Waals surface area contributed by atoms with E-state index < -0.39 is 0 Å². The lowest BCUT2D eigenvalue weighted by Gasteiger charge is -2.21. The van der Waals surface area contributed by atoms with Gasteiger partial charge in [0.25, 0.3) is 0 Å². The number of aromatic nitrogens is 1. The van der Waals surface area contributed by atoms with Crippen LogP contribution in [0.5, 0.6) is 11.5 Å². The average Bonchev–Trinajstić information content (AvgIpc) is 3.23. The van der Waals surface area contributed by atoms with Crippen molar-refractivity contribution < 1.29 is 23.8 Å². The Balaban J connectivity index is 1.41. The molecule has 0 saturated heterocycles. The van der Waals surface area contributed by atoms with Gasteiger partial charge in [-0.3, -0.25) is 14.5 Å². The zero-order valence-corrected chi connectivity index (χ0v) is 19.0. The summed E-state index contributed by atoms with van der Waals surface area (Å²) in [5.74, 6) is 0.827. The lowest BCUT2D eigenvalue weighted by molar-refractivity contribution is -0.144. The zero-order chi connectivity index (χ0) is 22.7. The molecule has 0 aliphatic carbocycles. The van der Waals surface area contributed by atoms with Gasteiger partial charge in [0, 0.05) is 12.3 Å². The number of anilines is 2. The van der Waals surface area contributed by atoms with Crippen LogP contribution in [0.1, 0.15) is 29.3 Å². The minimum Gasteiger partial charge on any atom is -0.486 e. The van der Waals surface area contributed by atoms with E-state index in [0.29, 0.717) is 35.5 Å². The number of esters is 1. The summed E-state index contributed by atoms with van der Waals surface area (Å²) in [6.07, 6.45) is 0.121. The van der Waals surface area contributed by atoms with E-state index in [1.54, 1.807) is 22.4 Å². The molecular formula is C24H24N2O5S. The average molecular weight is 453 g/mol. The van der Waals surface area contributed by atoms with Gasteiger partial charge in [-0.05, 0) is 48.7 Å². The van der Waals surface area contributed by atoms with Crippen LogP contribution >= 0.6 is 11.3 Å². The number of amides is 1. The van der Waals surface area contributed by atoms with Crippen molar-refractivity contribution in [1.82, 2.24) is 4.98 Å². The Morgan fingerprint density at radius 2 is 1.91 bits per heavy atom. The van der Waals surface area contributed by atoms with Crippen molar-refractivity contribution in [2.75, 3.05) is 18.1 Å². The third-order valence-electron chi connectivity index (χ3n) is 5.20. The molecule has 0 N–H and O–H groups in total. The number of hydrogen-bond donors (Lipinski definition) is 0. The van der Waals surface area contributed by atoms with Crippen LogP contribution < -0.4 is 14.4 Å². The quantitative estimate of drug-likeness (QED) is 0.513. The highest BCUT2D eigenvalue weighted by molar-refractivity contribution is 7.14. The van der Waals surface area contributed by atoms with Gasteiger partial charge >= 0.3 is 5.97 Å². The monoisotopic (exact) mass is 452 g/mol. The Labute approximate surface area is 190 Å². The molecule has 1 aromatic heterocycles. The first kappa shape index (κ1) is 21.8. The summed E-state index contributed by atoms with van der Waals surface area (Å²) in [6.45, 7) is 6.55. The first-order valence-electron chi connectivity index (χ1n) is 10.3. The van der Waals surface area contributed by atoms with E-state index >= 15 is 0 Å². The Morgan fingerprint density at radius 1 is 1.12 bits per heavy atom. The molecule has 166 valence electrons. The number of aryl methyl sites for hydroxylation is 1. The van der Waals surface area contributed by atoms with Crippen LogP contribution in [0.3, 0.4) is 0 Å². The second kappa shape index (κ2) is 9.40. The molecule has 0 fully saturated rings. The Morgan fingerprint density at radius 3 is 2.69 bits per heavy atom. The number of carbonyl (C=O) groups excluding carboxylic acids is 2. The van der Waals surface area contributed by atoms with Crippen molar-refractivity contribution in [3.63, 3.8) is 0 Å². The Kier molecular flexibility index (Phi) is 6.41. The molecule has 32 heavy (non-hydrogen) atoms. The topological polar surface area (TPSA) is 78.0 Å². The molecule has 4 rings (SSSR count). The zero-order valence-electron chi connectivity index (χ0n) is 18.2. The summed E-state index contributed by atoms with van der Waals surface area (Å²) in [4.78, 5) is 30.8. The summed E-state index contributed by atoms with van der Waals surface area (Å²) < 4.78 is 16.5. The molecule has 0 spiro atoms. The largest absolute Gasteiger partial charge is 0.486 e. The minimum absolute atomic E-state index is 0.0401. The molecule has 7 nitrogen and oxygen atoms in total. The molecule has 2 heterocycles. The molecule has 0 unspecified atom stereocenters. The number of carbonyl (C=O) groups is 2. The molecule has 0 saturated carbocycles. The van der Waals surface area contributed by atoms with Crippen LogP contribution in [-0.2, 0) is 27.4 Å². The number of nitrogens with zero attached hydrogens (tertiary/aromatic N) is 2. The fourth-order valence-electron chi connectivity index (χ4n) is 3.42. The van der Waals surface area contributed by atoms with Gasteiger partial charge in [-0.25, -0.2) is 4.98 Å². The number of benzene rings is 2. The predicted molar refractivity (Wildman–Crippen MR) is 122 cm³/mol. The fourth-order valence-corrected chi connectivity index (χ4v) is 4.28. The van der Waals surface area contributed by atoms with Crippen molar-refractivity contribution >= 4 is 34.0 Å². The summed E-state index contributed by atoms with van der Waals surface area (Å²) in [5, 5.41) is 2.34. The van der Waals surface area contributed by atoms with E-state index in [4.69, 9.17) is 14.2 Å². The molecule has 2 aromatic carbocycles. The van der Waals surface area contributed by atoms with Gasteiger partial charge in [0.2, 0.25) is 5.91 Å². The minimum atomic E-state index is -0.366. The number of hydrogen-bond acceptors (Lipinski definition) is 7. The van der Waals surface area contributed by atoms with Gasteiger partial charge < -0.3 is 14.2 Å². The summed E-state index contributed by atoms with van der Waals surface area (Å²) in [5.41, 5.74) is 4.30. The van der Waals surface area contributed by atoms with Crippen molar-refractivity contribution in [3.05, 3.63) is 64.2 Å². The van der Waals surface area contributed by atoms with Gasteiger partial charge in [-0.1, -0.05) is 18.2 Å². The second-order valence-electron chi connectivity index (χ2n) is 7.51. The maximum atomic E-state index is 12.4. The van der Waals surface area contributed by atoms with Crippen molar-refractivity contribution in [3.8, 4) is 11.5 Å². The standard InChI is InChI=1S/C24H24N2O5S/c1-15-5-4-6-20(16(15)2)26(17(3)27)24-25-19(14-32-24)13-31-23(28)12-18-7-8-21-22(11-18)30-10-9-29-21/h4-8,11,14H,9-10,12-13H2,1-3H3. The Hall–Kier alpha value is -3.39. The van der Waals surface area contributed by atoms with Crippen LogP contribution in [0.25, 0.3) is 0 Å². The van der Waals surface area contributed by atoms with E-state index in [9.17, 15) is 9.59 Å². The van der Waals surface area contributed by atoms with Crippen LogP contribution in [0, 0.1) is 13.8 Å². The summed E-state index contributed by atoms with van der Waals surface area (Å²) in [7, 11) is 0. The normalized spacial score (nSPS) is 12.3. The molecule has 1 amide bonds. The third kappa shape index (κ3) is 4.75. The molecule has 1 aliphatic heterocycles. The van der Waals surface area contributed by atoms with Crippen molar-refractivity contribution in [1.29, 1.82) is 0 Å². The van der Waals surface area contributed by atoms with E-state index in [2.05, 4.69) is 4.98 Å². The van der Waals surface area contributed by atoms with Crippen LogP contribution in [0.15, 0.2) is 41.8 Å². The maximum absolute atomic E-state index is 12.4. The van der Waals surface area contributed by atoms with Crippen molar-refractivity contribution in [2.24, 2.45) is 0 Å². The molecule has 0 atom stereocenters. The highest BCUT2D eigenvalue weighted by atomic mass is 32.1. The van der Waals surface area contributed by atoms with Gasteiger partial charge in [0.05, 0.1) is 17.8 Å². The van der Waals surface area contributed by atoms with E-state index in [0.717, 1.165) is 22.4 Å². The summed E-state index contributed by atoms with van der Waals surface area (Å²) in [6, 6.07) is 11.2.